The molecule has 2 aliphatic rings. The number of carbonyl (C=O) groups is 1. The summed E-state index contributed by atoms with van der Waals surface area (Å²) in [4.78, 5) is 22.4. The number of aromatic nitrogens is 1. The van der Waals surface area contributed by atoms with Crippen molar-refractivity contribution in [2.24, 2.45) is 0 Å². The summed E-state index contributed by atoms with van der Waals surface area (Å²) in [6.07, 6.45) is 6.78. The Balaban J connectivity index is 1.55. The van der Waals surface area contributed by atoms with E-state index in [1.54, 1.807) is 13.3 Å². The molecule has 3 heterocycles. The Morgan fingerprint density at radius 1 is 1.09 bits per heavy atom. The third-order valence-electron chi connectivity index (χ3n) is 6.46. The second kappa shape index (κ2) is 11.1. The molecule has 2 aromatic rings. The quantitative estimate of drug-likeness (QED) is 0.682. The Hall–Kier alpha value is -2.15. The van der Waals surface area contributed by atoms with E-state index in [2.05, 4.69) is 9.88 Å². The molecular formula is C25H32ClN3O3. The molecule has 0 N–H and O–H groups in total. The molecule has 0 unspecified atom stereocenters. The number of hydrogen-bond acceptors (Lipinski definition) is 5. The zero-order valence-electron chi connectivity index (χ0n) is 18.7. The fourth-order valence-corrected chi connectivity index (χ4v) is 4.90. The molecule has 0 radical (unpaired) electrons. The zero-order valence-corrected chi connectivity index (χ0v) is 19.5. The van der Waals surface area contributed by atoms with Gasteiger partial charge in [-0.1, -0.05) is 30.2 Å². The lowest BCUT2D eigenvalue weighted by Gasteiger charge is -2.41. The number of benzene rings is 1. The van der Waals surface area contributed by atoms with E-state index >= 15 is 0 Å². The van der Waals surface area contributed by atoms with Crippen molar-refractivity contribution in [3.8, 4) is 5.75 Å². The van der Waals surface area contributed by atoms with Crippen LogP contribution in [0.1, 0.15) is 48.2 Å². The lowest BCUT2D eigenvalue weighted by atomic mass is 9.93. The van der Waals surface area contributed by atoms with Crippen LogP contribution in [0.4, 0.5) is 0 Å². The maximum Gasteiger partial charge on any atom is 0.257 e. The highest BCUT2D eigenvalue weighted by Crippen LogP contribution is 2.29. The van der Waals surface area contributed by atoms with E-state index in [0.29, 0.717) is 22.9 Å². The third-order valence-corrected chi connectivity index (χ3v) is 6.69. The second-order valence-electron chi connectivity index (χ2n) is 8.57. The smallest absolute Gasteiger partial charge is 0.257 e. The number of amides is 1. The van der Waals surface area contributed by atoms with Crippen LogP contribution in [0.3, 0.4) is 0 Å². The summed E-state index contributed by atoms with van der Waals surface area (Å²) in [7, 11) is 1.76. The molecule has 32 heavy (non-hydrogen) atoms. The number of para-hydroxylation sites is 1. The summed E-state index contributed by atoms with van der Waals surface area (Å²) in [5.74, 6) is 0.702. The molecule has 1 aromatic heterocycles. The van der Waals surface area contributed by atoms with Crippen LogP contribution in [0.15, 0.2) is 42.6 Å². The number of piperidine rings is 1. The molecule has 172 valence electrons. The van der Waals surface area contributed by atoms with Crippen LogP contribution in [0.2, 0.25) is 5.02 Å². The number of halogens is 1. The fourth-order valence-electron chi connectivity index (χ4n) is 4.79. The second-order valence-corrected chi connectivity index (χ2v) is 9.00. The molecule has 1 aromatic carbocycles. The van der Waals surface area contributed by atoms with Gasteiger partial charge in [-0.25, -0.2) is 0 Å². The van der Waals surface area contributed by atoms with Crippen molar-refractivity contribution >= 4 is 17.5 Å². The Morgan fingerprint density at radius 2 is 1.97 bits per heavy atom. The van der Waals surface area contributed by atoms with Crippen LogP contribution < -0.4 is 4.74 Å². The van der Waals surface area contributed by atoms with E-state index in [9.17, 15) is 4.79 Å². The average molecular weight is 458 g/mol. The first kappa shape index (κ1) is 23.0. The van der Waals surface area contributed by atoms with E-state index in [1.165, 1.54) is 0 Å². The standard InChI is InChI=1S/C25H32ClN3O3/c1-31-24-10-6-14-29-22(24)8-4-5-13-28(18-20-12-11-19(26)17-27-20)15-16-32-23-9-3-2-7-21(23)25(29)30/h2-3,7,9,11-12,17,22,24H,4-6,8,10,13-16,18H2,1H3/t22-,24-/m1/s1. The molecule has 4 rings (SSSR count). The van der Waals surface area contributed by atoms with Crippen molar-refractivity contribution < 1.29 is 14.3 Å². The van der Waals surface area contributed by atoms with Gasteiger partial charge in [-0.05, 0) is 56.5 Å². The minimum Gasteiger partial charge on any atom is -0.491 e. The van der Waals surface area contributed by atoms with Crippen molar-refractivity contribution in [1.82, 2.24) is 14.8 Å². The highest BCUT2D eigenvalue weighted by Gasteiger charge is 2.35. The number of pyridine rings is 1. The van der Waals surface area contributed by atoms with Gasteiger partial charge in [0, 0.05) is 32.9 Å². The monoisotopic (exact) mass is 457 g/mol. The summed E-state index contributed by atoms with van der Waals surface area (Å²) < 4.78 is 11.9. The largest absolute Gasteiger partial charge is 0.491 e. The lowest BCUT2D eigenvalue weighted by molar-refractivity contribution is -0.0155. The van der Waals surface area contributed by atoms with E-state index in [4.69, 9.17) is 21.1 Å². The maximum atomic E-state index is 13.5. The highest BCUT2D eigenvalue weighted by molar-refractivity contribution is 6.30. The van der Waals surface area contributed by atoms with E-state index in [0.717, 1.165) is 64.0 Å². The van der Waals surface area contributed by atoms with E-state index in [1.807, 2.05) is 41.3 Å². The summed E-state index contributed by atoms with van der Waals surface area (Å²) in [6, 6.07) is 11.5. The van der Waals surface area contributed by atoms with Gasteiger partial charge in [-0.3, -0.25) is 14.7 Å². The molecular weight excluding hydrogens is 426 g/mol. The predicted octanol–water partition coefficient (Wildman–Crippen LogP) is 4.42. The van der Waals surface area contributed by atoms with Gasteiger partial charge in [-0.2, -0.15) is 0 Å². The fraction of sp³-hybridized carbons (Fsp3) is 0.520. The summed E-state index contributed by atoms with van der Waals surface area (Å²) >= 11 is 5.99. The minimum absolute atomic E-state index is 0.0498. The molecule has 6 nitrogen and oxygen atoms in total. The van der Waals surface area contributed by atoms with Gasteiger partial charge in [0.1, 0.15) is 12.4 Å². The molecule has 0 saturated carbocycles. The van der Waals surface area contributed by atoms with Crippen molar-refractivity contribution in [3.05, 3.63) is 58.9 Å². The van der Waals surface area contributed by atoms with Gasteiger partial charge in [-0.15, -0.1) is 0 Å². The van der Waals surface area contributed by atoms with Gasteiger partial charge in [0.2, 0.25) is 0 Å². The molecule has 0 spiro atoms. The maximum absolute atomic E-state index is 13.5. The summed E-state index contributed by atoms with van der Waals surface area (Å²) in [6.45, 7) is 3.75. The van der Waals surface area contributed by atoms with Crippen LogP contribution in [0, 0.1) is 0 Å². The van der Waals surface area contributed by atoms with Crippen LogP contribution in [-0.4, -0.2) is 66.2 Å². The number of fused-ring (bicyclic) bond motifs is 2. The van der Waals surface area contributed by atoms with Gasteiger partial charge in [0.25, 0.3) is 5.91 Å². The first-order chi connectivity index (χ1) is 15.7. The van der Waals surface area contributed by atoms with Crippen LogP contribution in [0.25, 0.3) is 0 Å². The topological polar surface area (TPSA) is 54.9 Å². The Kier molecular flexibility index (Phi) is 8.00. The molecule has 1 fully saturated rings. The van der Waals surface area contributed by atoms with Gasteiger partial charge >= 0.3 is 0 Å². The van der Waals surface area contributed by atoms with E-state index in [-0.39, 0.29) is 18.1 Å². The average Bonchev–Trinajstić information content (AvgIpc) is 2.83. The number of nitrogens with zero attached hydrogens (tertiary/aromatic N) is 3. The number of methoxy groups -OCH3 is 1. The lowest BCUT2D eigenvalue weighted by Crippen LogP contribution is -2.51. The van der Waals surface area contributed by atoms with Crippen molar-refractivity contribution in [2.75, 3.05) is 33.4 Å². The molecule has 0 bridgehead atoms. The zero-order chi connectivity index (χ0) is 22.3. The summed E-state index contributed by atoms with van der Waals surface area (Å²) in [5.41, 5.74) is 1.63. The molecule has 0 aliphatic carbocycles. The van der Waals surface area contributed by atoms with Gasteiger partial charge < -0.3 is 14.4 Å². The Morgan fingerprint density at radius 3 is 2.78 bits per heavy atom. The van der Waals surface area contributed by atoms with Crippen LogP contribution in [0.5, 0.6) is 5.75 Å². The van der Waals surface area contributed by atoms with Crippen molar-refractivity contribution in [3.63, 3.8) is 0 Å². The first-order valence-electron chi connectivity index (χ1n) is 11.5. The molecule has 7 heteroatoms. The molecule has 1 saturated heterocycles. The van der Waals surface area contributed by atoms with Gasteiger partial charge in [0.15, 0.2) is 0 Å². The predicted molar refractivity (Wildman–Crippen MR) is 125 cm³/mol. The Bertz CT molecular complexity index is 892. The van der Waals surface area contributed by atoms with Crippen molar-refractivity contribution in [1.29, 1.82) is 0 Å². The summed E-state index contributed by atoms with van der Waals surface area (Å²) in [5, 5.41) is 0.646. The van der Waals surface area contributed by atoms with Crippen LogP contribution in [-0.2, 0) is 11.3 Å². The molecule has 2 atom stereocenters. The number of ether oxygens (including phenoxy) is 2. The first-order valence-corrected chi connectivity index (χ1v) is 11.9. The Labute approximate surface area is 195 Å². The van der Waals surface area contributed by atoms with Gasteiger partial charge in [0.05, 0.1) is 28.4 Å². The SMILES string of the molecule is CO[C@@H]1CCCN2C(=O)c3ccccc3OCCN(Cc3ccc(Cl)cn3)CCCC[C@H]12. The van der Waals surface area contributed by atoms with E-state index < -0.39 is 0 Å². The number of rotatable bonds is 3. The molecule has 1 amide bonds. The number of carbonyl (C=O) groups excluding carboxylic acids is 1. The molecule has 2 aliphatic heterocycles. The normalized spacial score (nSPS) is 23.2. The number of hydrogen-bond donors (Lipinski definition) is 0. The van der Waals surface area contributed by atoms with Crippen molar-refractivity contribution in [2.45, 2.75) is 50.8 Å². The minimum atomic E-state index is 0.0498. The highest BCUT2D eigenvalue weighted by atomic mass is 35.5. The third kappa shape index (κ3) is 5.61. The van der Waals surface area contributed by atoms with Crippen LogP contribution >= 0.6 is 11.6 Å².